The fraction of sp³-hybridized carbons (Fsp3) is 0.571. The molecule has 1 aromatic carbocycles. The molecule has 1 fully saturated rings. The molecule has 0 bridgehead atoms. The van der Waals surface area contributed by atoms with Crippen LogP contribution in [0.4, 0.5) is 5.69 Å². The molecule has 1 heterocycles. The molecule has 2 rings (SSSR count). The van der Waals surface area contributed by atoms with E-state index in [4.69, 9.17) is 0 Å². The minimum absolute atomic E-state index is 0.0798. The largest absolute Gasteiger partial charge is 0.392 e. The van der Waals surface area contributed by atoms with Gasteiger partial charge < -0.3 is 10.0 Å². The van der Waals surface area contributed by atoms with Crippen LogP contribution in [0.2, 0.25) is 0 Å². The van der Waals surface area contributed by atoms with Crippen LogP contribution >= 0.6 is 15.9 Å². The van der Waals surface area contributed by atoms with Gasteiger partial charge in [0.2, 0.25) is 0 Å². The Labute approximate surface area is 118 Å². The van der Waals surface area contributed by atoms with Gasteiger partial charge >= 0.3 is 0 Å². The van der Waals surface area contributed by atoms with Crippen molar-refractivity contribution in [3.8, 4) is 0 Å². The molecule has 1 N–H and O–H groups in total. The number of likely N-dealkylation sites (N-methyl/N-ethyl adjacent to an activating group) is 1. The molecule has 0 aliphatic carbocycles. The van der Waals surface area contributed by atoms with Crippen molar-refractivity contribution in [1.82, 2.24) is 4.90 Å². The molecular formula is C14H21BrN2O. The summed E-state index contributed by atoms with van der Waals surface area (Å²) in [5.41, 5.74) is 2.17. The third-order valence-electron chi connectivity index (χ3n) is 3.93. The highest BCUT2D eigenvalue weighted by atomic mass is 79.9. The number of benzene rings is 1. The Morgan fingerprint density at radius 3 is 2.39 bits per heavy atom. The number of piperazine rings is 1. The number of hydrogen-bond acceptors (Lipinski definition) is 3. The molecule has 0 radical (unpaired) electrons. The third kappa shape index (κ3) is 2.71. The van der Waals surface area contributed by atoms with Gasteiger partial charge in [-0.15, -0.1) is 0 Å². The highest BCUT2D eigenvalue weighted by Gasteiger charge is 2.26. The average Bonchev–Trinajstić information content (AvgIpc) is 2.35. The maximum Gasteiger partial charge on any atom is 0.0692 e. The number of rotatable bonds is 2. The molecule has 1 aliphatic rings. The van der Waals surface area contributed by atoms with Gasteiger partial charge in [0, 0.05) is 35.3 Å². The fourth-order valence-electron chi connectivity index (χ4n) is 2.48. The summed E-state index contributed by atoms with van der Waals surface area (Å²) >= 11 is 3.52. The van der Waals surface area contributed by atoms with E-state index in [1.807, 2.05) is 6.07 Å². The van der Waals surface area contributed by atoms with E-state index >= 15 is 0 Å². The summed E-state index contributed by atoms with van der Waals surface area (Å²) in [7, 11) is 2.19. The Morgan fingerprint density at radius 2 is 1.89 bits per heavy atom. The van der Waals surface area contributed by atoms with Crippen molar-refractivity contribution in [3.05, 3.63) is 28.2 Å². The Kier molecular flexibility index (Phi) is 4.30. The summed E-state index contributed by atoms with van der Waals surface area (Å²) < 4.78 is 0.988. The minimum Gasteiger partial charge on any atom is -0.392 e. The van der Waals surface area contributed by atoms with Crippen LogP contribution in [0.25, 0.3) is 0 Å². The van der Waals surface area contributed by atoms with Gasteiger partial charge in [0.05, 0.1) is 6.61 Å². The second-order valence-corrected chi connectivity index (χ2v) is 6.06. The minimum atomic E-state index is 0.0798. The number of halogens is 1. The summed E-state index contributed by atoms with van der Waals surface area (Å²) in [5, 5.41) is 9.19. The SMILES string of the molecule is CC1CN(c2ccc(CO)c(Br)c2)CC(C)N1C. The van der Waals surface area contributed by atoms with Crippen LogP contribution in [0.3, 0.4) is 0 Å². The van der Waals surface area contributed by atoms with Crippen LogP contribution in [0, 0.1) is 0 Å². The van der Waals surface area contributed by atoms with Crippen LogP contribution in [0.15, 0.2) is 22.7 Å². The molecular weight excluding hydrogens is 292 g/mol. The van der Waals surface area contributed by atoms with Crippen molar-refractivity contribution in [2.75, 3.05) is 25.0 Å². The van der Waals surface area contributed by atoms with Gasteiger partial charge in [0.25, 0.3) is 0 Å². The molecule has 0 aromatic heterocycles. The number of anilines is 1. The quantitative estimate of drug-likeness (QED) is 0.909. The van der Waals surface area contributed by atoms with E-state index in [1.54, 1.807) is 0 Å². The lowest BCUT2D eigenvalue weighted by Crippen LogP contribution is -2.55. The van der Waals surface area contributed by atoms with Crippen molar-refractivity contribution >= 4 is 21.6 Å². The third-order valence-corrected chi connectivity index (χ3v) is 4.67. The average molecular weight is 313 g/mol. The standard InChI is InChI=1S/C14H21BrN2O/c1-10-7-17(8-11(2)16(10)3)13-5-4-12(9-18)14(15)6-13/h4-6,10-11,18H,7-9H2,1-3H3. The normalized spacial score (nSPS) is 25.5. The van der Waals surface area contributed by atoms with E-state index in [1.165, 1.54) is 5.69 Å². The lowest BCUT2D eigenvalue weighted by molar-refractivity contribution is 0.170. The maximum atomic E-state index is 9.19. The maximum absolute atomic E-state index is 9.19. The van der Waals surface area contributed by atoms with Crippen LogP contribution in [0.1, 0.15) is 19.4 Å². The van der Waals surface area contributed by atoms with E-state index in [9.17, 15) is 5.11 Å². The van der Waals surface area contributed by atoms with Crippen molar-refractivity contribution in [1.29, 1.82) is 0 Å². The monoisotopic (exact) mass is 312 g/mol. The molecule has 0 amide bonds. The Bertz CT molecular complexity index is 412. The van der Waals surface area contributed by atoms with Gasteiger partial charge in [-0.1, -0.05) is 22.0 Å². The summed E-state index contributed by atoms with van der Waals surface area (Å²) in [6, 6.07) is 7.32. The molecule has 4 heteroatoms. The molecule has 3 nitrogen and oxygen atoms in total. The molecule has 1 aliphatic heterocycles. The van der Waals surface area contributed by atoms with Crippen molar-refractivity contribution in [2.45, 2.75) is 32.5 Å². The number of aliphatic hydroxyl groups is 1. The number of nitrogens with zero attached hydrogens (tertiary/aromatic N) is 2. The summed E-state index contributed by atoms with van der Waals surface area (Å²) in [6.45, 7) is 6.70. The number of aliphatic hydroxyl groups excluding tert-OH is 1. The van der Waals surface area contributed by atoms with Gasteiger partial charge in [-0.05, 0) is 38.6 Å². The second kappa shape index (κ2) is 5.59. The highest BCUT2D eigenvalue weighted by Crippen LogP contribution is 2.27. The smallest absolute Gasteiger partial charge is 0.0692 e. The Morgan fingerprint density at radius 1 is 1.28 bits per heavy atom. The Hall–Kier alpha value is -0.580. The second-order valence-electron chi connectivity index (χ2n) is 5.20. The molecule has 1 saturated heterocycles. The van der Waals surface area contributed by atoms with Gasteiger partial charge in [-0.2, -0.15) is 0 Å². The zero-order valence-corrected chi connectivity index (χ0v) is 12.8. The lowest BCUT2D eigenvalue weighted by atomic mass is 10.1. The van der Waals surface area contributed by atoms with E-state index in [0.29, 0.717) is 12.1 Å². The van der Waals surface area contributed by atoms with E-state index in [-0.39, 0.29) is 6.61 Å². The molecule has 18 heavy (non-hydrogen) atoms. The predicted octanol–water partition coefficient (Wildman–Crippen LogP) is 2.47. The summed E-state index contributed by atoms with van der Waals surface area (Å²) in [6.07, 6.45) is 0. The van der Waals surface area contributed by atoms with Crippen molar-refractivity contribution in [2.24, 2.45) is 0 Å². The van der Waals surface area contributed by atoms with E-state index in [2.05, 4.69) is 58.8 Å². The van der Waals surface area contributed by atoms with E-state index < -0.39 is 0 Å². The van der Waals surface area contributed by atoms with Crippen LogP contribution < -0.4 is 4.90 Å². The molecule has 0 saturated carbocycles. The number of hydrogen-bond donors (Lipinski definition) is 1. The van der Waals surface area contributed by atoms with Crippen LogP contribution in [-0.2, 0) is 6.61 Å². The first kappa shape index (κ1) is 13.8. The molecule has 2 atom stereocenters. The Balaban J connectivity index is 2.19. The van der Waals surface area contributed by atoms with Crippen molar-refractivity contribution < 1.29 is 5.11 Å². The van der Waals surface area contributed by atoms with Gasteiger partial charge in [-0.3, -0.25) is 4.90 Å². The van der Waals surface area contributed by atoms with Crippen LogP contribution in [-0.4, -0.2) is 42.2 Å². The van der Waals surface area contributed by atoms with Gasteiger partial charge in [-0.25, -0.2) is 0 Å². The summed E-state index contributed by atoms with van der Waals surface area (Å²) in [5.74, 6) is 0. The zero-order chi connectivity index (χ0) is 13.3. The fourth-order valence-corrected chi connectivity index (χ4v) is 2.97. The zero-order valence-electron chi connectivity index (χ0n) is 11.2. The first-order chi connectivity index (χ1) is 8.52. The van der Waals surface area contributed by atoms with Crippen LogP contribution in [0.5, 0.6) is 0 Å². The molecule has 1 aromatic rings. The molecule has 0 spiro atoms. The highest BCUT2D eigenvalue weighted by molar-refractivity contribution is 9.10. The van der Waals surface area contributed by atoms with E-state index in [0.717, 1.165) is 23.1 Å². The van der Waals surface area contributed by atoms with Crippen molar-refractivity contribution in [3.63, 3.8) is 0 Å². The lowest BCUT2D eigenvalue weighted by Gasteiger charge is -2.43. The first-order valence-electron chi connectivity index (χ1n) is 6.39. The molecule has 2 unspecified atom stereocenters. The first-order valence-corrected chi connectivity index (χ1v) is 7.18. The van der Waals surface area contributed by atoms with Gasteiger partial charge in [0.15, 0.2) is 0 Å². The predicted molar refractivity (Wildman–Crippen MR) is 79.0 cm³/mol. The molecule has 100 valence electrons. The summed E-state index contributed by atoms with van der Waals surface area (Å²) in [4.78, 5) is 4.84. The topological polar surface area (TPSA) is 26.7 Å². The van der Waals surface area contributed by atoms with Gasteiger partial charge in [0.1, 0.15) is 0 Å².